The second-order valence-electron chi connectivity index (χ2n) is 15.4. The molecule has 0 aromatic heterocycles. The van der Waals surface area contributed by atoms with E-state index in [1.165, 1.54) is 28.9 Å². The molecule has 0 amide bonds. The third-order valence-electron chi connectivity index (χ3n) is 9.91. The highest BCUT2D eigenvalue weighted by Crippen LogP contribution is 2.56. The topological polar surface area (TPSA) is 101 Å². The number of benzene rings is 1. The smallest absolute Gasteiger partial charge is 0.200 e. The summed E-state index contributed by atoms with van der Waals surface area (Å²) in [5, 5.41) is 20.2. The van der Waals surface area contributed by atoms with Gasteiger partial charge in [0.25, 0.3) is 0 Å². The Bertz CT molecular complexity index is 1610. The number of hydrogen-bond donors (Lipinski definition) is 2. The van der Waals surface area contributed by atoms with Gasteiger partial charge in [0, 0.05) is 11.5 Å². The van der Waals surface area contributed by atoms with Gasteiger partial charge in [-0.3, -0.25) is 14.4 Å². The van der Waals surface area contributed by atoms with Gasteiger partial charge in [-0.1, -0.05) is 58.2 Å². The number of phenols is 2. The van der Waals surface area contributed by atoms with Gasteiger partial charge in [0.2, 0.25) is 0 Å². The Morgan fingerprint density at radius 3 is 1.92 bits per heavy atom. The van der Waals surface area contributed by atoms with Crippen molar-refractivity contribution in [3.63, 3.8) is 0 Å². The van der Waals surface area contributed by atoms with Crippen molar-refractivity contribution in [1.82, 2.24) is 0 Å². The van der Waals surface area contributed by atoms with E-state index in [4.69, 9.17) is 4.74 Å². The number of hydrogen-bond acceptors (Lipinski definition) is 6. The fourth-order valence-corrected chi connectivity index (χ4v) is 6.75. The predicted octanol–water partition coefficient (Wildman–Crippen LogP) is 10.6. The molecule has 3 atom stereocenters. The number of aromatic hydroxyl groups is 2. The molecule has 2 N–H and O–H groups in total. The van der Waals surface area contributed by atoms with E-state index in [9.17, 15) is 24.6 Å². The molecule has 1 aliphatic heterocycles. The Morgan fingerprint density at radius 2 is 1.37 bits per heavy atom. The lowest BCUT2D eigenvalue weighted by Gasteiger charge is -2.52. The van der Waals surface area contributed by atoms with Gasteiger partial charge >= 0.3 is 0 Å². The monoisotopic (exact) mass is 670 g/mol. The van der Waals surface area contributed by atoms with Crippen molar-refractivity contribution in [2.45, 2.75) is 126 Å². The maximum atomic E-state index is 14.9. The molecule has 2 aliphatic rings. The number of phenolic OH excluding ortho intramolecular Hbond substituents is 2. The van der Waals surface area contributed by atoms with Crippen LogP contribution in [0.3, 0.4) is 0 Å². The Balaban J connectivity index is 2.25. The number of allylic oxidation sites excluding steroid dienone is 12. The zero-order valence-corrected chi connectivity index (χ0v) is 31.5. The number of Topliss-reactive ketones (excluding diaryl/α,β-unsaturated/α-hetero) is 3. The lowest BCUT2D eigenvalue weighted by Crippen LogP contribution is -2.56. The molecular weight excluding hydrogens is 612 g/mol. The van der Waals surface area contributed by atoms with Crippen LogP contribution in [0.15, 0.2) is 87.8 Å². The minimum Gasteiger partial charge on any atom is -0.504 e. The van der Waals surface area contributed by atoms with E-state index in [-0.39, 0.29) is 40.8 Å². The first kappa shape index (κ1) is 39.5. The van der Waals surface area contributed by atoms with Gasteiger partial charge in [0.1, 0.15) is 16.9 Å². The first-order valence-corrected chi connectivity index (χ1v) is 17.7. The van der Waals surface area contributed by atoms with Crippen LogP contribution >= 0.6 is 0 Å². The summed E-state index contributed by atoms with van der Waals surface area (Å²) in [5.74, 6) is -3.18. The zero-order valence-electron chi connectivity index (χ0n) is 31.5. The summed E-state index contributed by atoms with van der Waals surface area (Å²) in [7, 11) is 0. The van der Waals surface area contributed by atoms with Crippen molar-refractivity contribution < 1.29 is 29.3 Å². The molecule has 0 saturated carbocycles. The maximum absolute atomic E-state index is 14.9. The number of rotatable bonds is 14. The van der Waals surface area contributed by atoms with Crippen molar-refractivity contribution in [1.29, 1.82) is 0 Å². The quantitative estimate of drug-likeness (QED) is 0.0672. The lowest BCUT2D eigenvalue weighted by molar-refractivity contribution is -0.154. The molecule has 1 aromatic carbocycles. The van der Waals surface area contributed by atoms with Gasteiger partial charge in [-0.25, -0.2) is 0 Å². The summed E-state index contributed by atoms with van der Waals surface area (Å²) in [6.45, 7) is 20.3. The molecule has 1 aromatic rings. The number of carbonyl (C=O) groups excluding carboxylic acids is 3. The summed E-state index contributed by atoms with van der Waals surface area (Å²) < 4.78 is 6.82. The Labute approximate surface area is 294 Å². The van der Waals surface area contributed by atoms with Crippen LogP contribution in [0.2, 0.25) is 0 Å². The second kappa shape index (κ2) is 16.7. The first-order chi connectivity index (χ1) is 22.9. The van der Waals surface area contributed by atoms with Crippen LogP contribution in [0.5, 0.6) is 11.5 Å². The minimum absolute atomic E-state index is 0.0438. The number of fused-ring (bicyclic) bond motifs is 1. The Kier molecular flexibility index (Phi) is 13.4. The normalized spacial score (nSPS) is 22.2. The third kappa shape index (κ3) is 9.83. The SMILES string of the molecule is CC(C)=CCC/C(C)=C/CC1CC2(C/C=C(\C)CCC=C(C)C)C(=O)C(CC=C(C)C)C(=O)C(C(=O)c3ccc(O)c(O)c3)=C2OC1(C)C. The van der Waals surface area contributed by atoms with E-state index in [2.05, 4.69) is 65.8 Å². The van der Waals surface area contributed by atoms with Crippen LogP contribution < -0.4 is 0 Å². The number of ketones is 3. The van der Waals surface area contributed by atoms with Gasteiger partial charge in [-0.15, -0.1) is 0 Å². The summed E-state index contributed by atoms with van der Waals surface area (Å²) in [4.78, 5) is 43.6. The van der Waals surface area contributed by atoms with Gasteiger partial charge in [0.15, 0.2) is 28.8 Å². The Hall–Kier alpha value is -3.93. The minimum atomic E-state index is -1.22. The van der Waals surface area contributed by atoms with Crippen LogP contribution in [0.1, 0.15) is 131 Å². The molecule has 0 bridgehead atoms. The highest BCUT2D eigenvalue weighted by molar-refractivity contribution is 6.33. The van der Waals surface area contributed by atoms with Gasteiger partial charge in [-0.05, 0) is 139 Å². The molecule has 6 nitrogen and oxygen atoms in total. The number of carbonyl (C=O) groups is 3. The van der Waals surface area contributed by atoms with E-state index < -0.39 is 34.2 Å². The summed E-state index contributed by atoms with van der Waals surface area (Å²) in [6.07, 6.45) is 15.9. The van der Waals surface area contributed by atoms with Crippen LogP contribution in [0.25, 0.3) is 0 Å². The molecule has 3 unspecified atom stereocenters. The molecule has 0 radical (unpaired) electrons. The van der Waals surface area contributed by atoms with E-state index >= 15 is 0 Å². The van der Waals surface area contributed by atoms with Crippen molar-refractivity contribution in [2.24, 2.45) is 17.3 Å². The van der Waals surface area contributed by atoms with Crippen molar-refractivity contribution in [2.75, 3.05) is 0 Å². The predicted molar refractivity (Wildman–Crippen MR) is 198 cm³/mol. The lowest BCUT2D eigenvalue weighted by atomic mass is 9.58. The Morgan fingerprint density at radius 1 is 0.796 bits per heavy atom. The van der Waals surface area contributed by atoms with Crippen LogP contribution in [-0.4, -0.2) is 33.2 Å². The third-order valence-corrected chi connectivity index (χ3v) is 9.91. The highest BCUT2D eigenvalue weighted by Gasteiger charge is 2.60. The first-order valence-electron chi connectivity index (χ1n) is 17.7. The van der Waals surface area contributed by atoms with E-state index in [0.717, 1.165) is 42.9 Å². The summed E-state index contributed by atoms with van der Waals surface area (Å²) >= 11 is 0. The molecule has 1 heterocycles. The molecule has 1 fully saturated rings. The molecule has 1 aliphatic carbocycles. The average Bonchev–Trinajstić information content (AvgIpc) is 3.00. The maximum Gasteiger partial charge on any atom is 0.200 e. The van der Waals surface area contributed by atoms with Crippen LogP contribution in [0.4, 0.5) is 0 Å². The second-order valence-corrected chi connectivity index (χ2v) is 15.4. The standard InChI is InChI=1S/C43H58O6/c1-27(2)13-11-15-30(7)18-20-33-26-43(24-23-31(8)16-12-14-28(3)4)40(48)34(21-17-29(5)6)39(47)37(41(43)49-42(33,9)10)38(46)32-19-22-35(44)36(45)25-32/h13-14,17-19,22-23,25,33-34,44-45H,11-12,15-16,20-21,24,26H2,1-10H3/b30-18+,31-23+. The average molecular weight is 671 g/mol. The van der Waals surface area contributed by atoms with Crippen LogP contribution in [-0.2, 0) is 14.3 Å². The largest absolute Gasteiger partial charge is 0.504 e. The van der Waals surface area contributed by atoms with Crippen LogP contribution in [0, 0.1) is 17.3 Å². The number of ether oxygens (including phenoxy) is 1. The van der Waals surface area contributed by atoms with Crippen molar-refractivity contribution in [3.05, 3.63) is 93.3 Å². The molecule has 1 saturated heterocycles. The van der Waals surface area contributed by atoms with Gasteiger partial charge < -0.3 is 14.9 Å². The van der Waals surface area contributed by atoms with Crippen molar-refractivity contribution >= 4 is 17.3 Å². The summed E-state index contributed by atoms with van der Waals surface area (Å²) in [6, 6.07) is 3.77. The van der Waals surface area contributed by atoms with E-state index in [0.29, 0.717) is 19.3 Å². The fraction of sp³-hybridized carbons (Fsp3) is 0.512. The van der Waals surface area contributed by atoms with E-state index in [1.807, 2.05) is 33.8 Å². The molecule has 266 valence electrons. The molecule has 49 heavy (non-hydrogen) atoms. The molecule has 0 spiro atoms. The van der Waals surface area contributed by atoms with E-state index in [1.54, 1.807) is 0 Å². The van der Waals surface area contributed by atoms with Gasteiger partial charge in [0.05, 0.1) is 11.3 Å². The molecule has 6 heteroatoms. The molecule has 3 rings (SSSR count). The fourth-order valence-electron chi connectivity index (χ4n) is 6.75. The van der Waals surface area contributed by atoms with Crippen molar-refractivity contribution in [3.8, 4) is 11.5 Å². The zero-order chi connectivity index (χ0) is 36.7. The highest BCUT2D eigenvalue weighted by atomic mass is 16.5. The molecular formula is C43H58O6. The summed E-state index contributed by atoms with van der Waals surface area (Å²) in [5.41, 5.74) is 3.82. The van der Waals surface area contributed by atoms with Gasteiger partial charge in [-0.2, -0.15) is 0 Å².